The van der Waals surface area contributed by atoms with Crippen LogP contribution in [0.25, 0.3) is 0 Å². The lowest BCUT2D eigenvalue weighted by atomic mass is 10.1. The number of nitrogens with zero attached hydrogens (tertiary/aromatic N) is 1. The van der Waals surface area contributed by atoms with Gasteiger partial charge in [-0.25, -0.2) is 8.78 Å². The van der Waals surface area contributed by atoms with Gasteiger partial charge in [0.15, 0.2) is 5.96 Å². The SMILES string of the molecule is CN=C(NCCc1ccc2c(c1)CCO2)NCCc1cc(F)ccc1F.I. The van der Waals surface area contributed by atoms with Crippen molar-refractivity contribution in [3.8, 4) is 5.75 Å². The first-order valence-electron chi connectivity index (χ1n) is 8.79. The van der Waals surface area contributed by atoms with Gasteiger partial charge in [-0.15, -0.1) is 24.0 Å². The van der Waals surface area contributed by atoms with E-state index in [1.807, 2.05) is 6.07 Å². The van der Waals surface area contributed by atoms with E-state index in [1.165, 1.54) is 17.2 Å². The molecule has 2 aromatic carbocycles. The molecule has 0 saturated heterocycles. The number of guanidine groups is 1. The third-order valence-electron chi connectivity index (χ3n) is 4.38. The molecule has 0 aromatic heterocycles. The maximum atomic E-state index is 13.6. The number of fused-ring (bicyclic) bond motifs is 1. The van der Waals surface area contributed by atoms with Gasteiger partial charge in [0.2, 0.25) is 0 Å². The second kappa shape index (κ2) is 10.4. The topological polar surface area (TPSA) is 45.7 Å². The van der Waals surface area contributed by atoms with Gasteiger partial charge in [0.1, 0.15) is 17.4 Å². The second-order valence-electron chi connectivity index (χ2n) is 6.20. The highest BCUT2D eigenvalue weighted by molar-refractivity contribution is 14.0. The highest BCUT2D eigenvalue weighted by atomic mass is 127. The minimum absolute atomic E-state index is 0. The fourth-order valence-electron chi connectivity index (χ4n) is 2.99. The minimum atomic E-state index is -0.427. The second-order valence-corrected chi connectivity index (χ2v) is 6.20. The van der Waals surface area contributed by atoms with Gasteiger partial charge in [-0.3, -0.25) is 4.99 Å². The fraction of sp³-hybridized carbons (Fsp3) is 0.350. The average molecular weight is 487 g/mol. The first kappa shape index (κ1) is 21.4. The Bertz CT molecular complexity index is 799. The number of hydrogen-bond donors (Lipinski definition) is 2. The molecule has 0 aliphatic carbocycles. The third kappa shape index (κ3) is 6.05. The molecule has 0 saturated carbocycles. The van der Waals surface area contributed by atoms with Crippen molar-refractivity contribution < 1.29 is 13.5 Å². The van der Waals surface area contributed by atoms with E-state index in [0.717, 1.165) is 43.9 Å². The Balaban J connectivity index is 0.00000261. The average Bonchev–Trinajstić information content (AvgIpc) is 3.11. The summed E-state index contributed by atoms with van der Waals surface area (Å²) < 4.78 is 32.3. The maximum absolute atomic E-state index is 13.6. The Labute approximate surface area is 175 Å². The Hall–Kier alpha value is -1.90. The van der Waals surface area contributed by atoms with E-state index in [4.69, 9.17) is 4.74 Å². The number of halogens is 3. The van der Waals surface area contributed by atoms with Crippen molar-refractivity contribution in [1.29, 1.82) is 0 Å². The summed E-state index contributed by atoms with van der Waals surface area (Å²) in [6, 6.07) is 9.79. The van der Waals surface area contributed by atoms with Crippen LogP contribution in [-0.2, 0) is 19.3 Å². The molecule has 2 aromatic rings. The van der Waals surface area contributed by atoms with Crippen LogP contribution in [0.1, 0.15) is 16.7 Å². The van der Waals surface area contributed by atoms with Crippen LogP contribution in [0.15, 0.2) is 41.4 Å². The summed E-state index contributed by atoms with van der Waals surface area (Å²) in [5, 5.41) is 6.36. The molecule has 146 valence electrons. The normalized spacial score (nSPS) is 12.8. The summed E-state index contributed by atoms with van der Waals surface area (Å²) in [5.74, 6) is 0.815. The van der Waals surface area contributed by atoms with Crippen LogP contribution in [0, 0.1) is 11.6 Å². The zero-order valence-electron chi connectivity index (χ0n) is 15.2. The van der Waals surface area contributed by atoms with Crippen molar-refractivity contribution >= 4 is 29.9 Å². The van der Waals surface area contributed by atoms with Gasteiger partial charge >= 0.3 is 0 Å². The first-order valence-corrected chi connectivity index (χ1v) is 8.79. The van der Waals surface area contributed by atoms with E-state index in [2.05, 4.69) is 27.8 Å². The van der Waals surface area contributed by atoms with Gasteiger partial charge in [-0.05, 0) is 53.8 Å². The van der Waals surface area contributed by atoms with Crippen LogP contribution in [0.5, 0.6) is 5.75 Å². The Kier molecular flexibility index (Phi) is 8.27. The Morgan fingerprint density at radius 2 is 1.85 bits per heavy atom. The summed E-state index contributed by atoms with van der Waals surface area (Å²) in [6.07, 6.45) is 2.22. The number of ether oxygens (including phenoxy) is 1. The Morgan fingerprint density at radius 3 is 2.63 bits per heavy atom. The van der Waals surface area contributed by atoms with E-state index in [9.17, 15) is 8.78 Å². The monoisotopic (exact) mass is 487 g/mol. The summed E-state index contributed by atoms with van der Waals surface area (Å²) in [7, 11) is 1.69. The molecule has 3 rings (SSSR count). The van der Waals surface area contributed by atoms with Crippen LogP contribution < -0.4 is 15.4 Å². The molecule has 0 amide bonds. The molecule has 0 fully saturated rings. The fourth-order valence-corrected chi connectivity index (χ4v) is 2.99. The molecule has 1 aliphatic heterocycles. The van der Waals surface area contributed by atoms with Gasteiger partial charge in [-0.1, -0.05) is 12.1 Å². The van der Waals surface area contributed by atoms with Crippen molar-refractivity contribution in [2.75, 3.05) is 26.7 Å². The van der Waals surface area contributed by atoms with Crippen LogP contribution in [-0.4, -0.2) is 32.7 Å². The van der Waals surface area contributed by atoms with Crippen LogP contribution in [0.3, 0.4) is 0 Å². The van der Waals surface area contributed by atoms with E-state index in [1.54, 1.807) is 7.05 Å². The molecule has 0 atom stereocenters. The van der Waals surface area contributed by atoms with Crippen molar-refractivity contribution in [2.24, 2.45) is 4.99 Å². The molecule has 1 aliphatic rings. The quantitative estimate of drug-likeness (QED) is 0.373. The highest BCUT2D eigenvalue weighted by Gasteiger charge is 2.11. The summed E-state index contributed by atoms with van der Waals surface area (Å²) in [4.78, 5) is 4.15. The smallest absolute Gasteiger partial charge is 0.190 e. The summed E-state index contributed by atoms with van der Waals surface area (Å²) in [5.41, 5.74) is 2.87. The molecule has 1 heterocycles. The molecular weight excluding hydrogens is 463 g/mol. The maximum Gasteiger partial charge on any atom is 0.190 e. The van der Waals surface area contributed by atoms with Gasteiger partial charge < -0.3 is 15.4 Å². The number of nitrogens with one attached hydrogen (secondary N) is 2. The molecule has 0 unspecified atom stereocenters. The standard InChI is InChI=1S/C20H23F2N3O.HI/c1-23-20(25-10-7-15-13-17(21)3-4-18(15)22)24-9-6-14-2-5-19-16(12-14)8-11-26-19;/h2-5,12-13H,6-11H2,1H3,(H2,23,24,25);1H. The number of benzene rings is 2. The molecule has 7 heteroatoms. The Morgan fingerprint density at radius 1 is 1.07 bits per heavy atom. The van der Waals surface area contributed by atoms with Crippen LogP contribution in [0.4, 0.5) is 8.78 Å². The largest absolute Gasteiger partial charge is 0.493 e. The summed E-state index contributed by atoms with van der Waals surface area (Å²) in [6.45, 7) is 1.96. The lowest BCUT2D eigenvalue weighted by Crippen LogP contribution is -2.39. The van der Waals surface area contributed by atoms with Crippen LogP contribution >= 0.6 is 24.0 Å². The minimum Gasteiger partial charge on any atom is -0.493 e. The predicted octanol–water partition coefficient (Wildman–Crippen LogP) is 3.47. The number of hydrogen-bond acceptors (Lipinski definition) is 2. The number of rotatable bonds is 6. The van der Waals surface area contributed by atoms with Gasteiger partial charge in [0, 0.05) is 26.6 Å². The van der Waals surface area contributed by atoms with Crippen LogP contribution in [0.2, 0.25) is 0 Å². The lowest BCUT2D eigenvalue weighted by Gasteiger charge is -2.12. The molecule has 27 heavy (non-hydrogen) atoms. The van der Waals surface area contributed by atoms with E-state index >= 15 is 0 Å². The van der Waals surface area contributed by atoms with E-state index in [0.29, 0.717) is 24.5 Å². The molecule has 0 spiro atoms. The van der Waals surface area contributed by atoms with Crippen molar-refractivity contribution in [1.82, 2.24) is 10.6 Å². The predicted molar refractivity (Wildman–Crippen MR) is 114 cm³/mol. The number of aliphatic imine (C=N–C) groups is 1. The zero-order chi connectivity index (χ0) is 18.4. The van der Waals surface area contributed by atoms with E-state index in [-0.39, 0.29) is 24.0 Å². The molecule has 4 nitrogen and oxygen atoms in total. The van der Waals surface area contributed by atoms with Crippen molar-refractivity contribution in [3.63, 3.8) is 0 Å². The zero-order valence-corrected chi connectivity index (χ0v) is 17.6. The van der Waals surface area contributed by atoms with Gasteiger partial charge in [0.05, 0.1) is 6.61 Å². The molecular formula is C20H24F2IN3O. The first-order chi connectivity index (χ1) is 12.7. The van der Waals surface area contributed by atoms with Gasteiger partial charge in [0.25, 0.3) is 0 Å². The molecule has 0 bridgehead atoms. The van der Waals surface area contributed by atoms with E-state index < -0.39 is 11.6 Å². The summed E-state index contributed by atoms with van der Waals surface area (Å²) >= 11 is 0. The molecule has 0 radical (unpaired) electrons. The van der Waals surface area contributed by atoms with Crippen molar-refractivity contribution in [2.45, 2.75) is 19.3 Å². The molecule has 2 N–H and O–H groups in total. The van der Waals surface area contributed by atoms with Gasteiger partial charge in [-0.2, -0.15) is 0 Å². The van der Waals surface area contributed by atoms with Crippen molar-refractivity contribution in [3.05, 3.63) is 64.7 Å². The lowest BCUT2D eigenvalue weighted by molar-refractivity contribution is 0.357. The third-order valence-corrected chi connectivity index (χ3v) is 4.38. The highest BCUT2D eigenvalue weighted by Crippen LogP contribution is 2.25.